The third-order valence-corrected chi connectivity index (χ3v) is 5.19. The SMILES string of the molecule is COc1cnc(N2CCN(c3nnc(C4CC4)s3)CC2)nc1. The second-order valence-corrected chi connectivity index (χ2v) is 6.58. The molecule has 3 heterocycles. The van der Waals surface area contributed by atoms with Crippen LogP contribution in [0.15, 0.2) is 12.4 Å². The van der Waals surface area contributed by atoms with Gasteiger partial charge in [-0.2, -0.15) is 0 Å². The summed E-state index contributed by atoms with van der Waals surface area (Å²) in [7, 11) is 1.62. The molecule has 0 spiro atoms. The molecule has 0 amide bonds. The Kier molecular flexibility index (Phi) is 3.53. The fourth-order valence-electron chi connectivity index (χ4n) is 2.53. The molecule has 0 aromatic carbocycles. The van der Waals surface area contributed by atoms with E-state index in [4.69, 9.17) is 4.74 Å². The van der Waals surface area contributed by atoms with Crippen LogP contribution >= 0.6 is 11.3 Å². The zero-order valence-electron chi connectivity index (χ0n) is 12.5. The highest BCUT2D eigenvalue weighted by Crippen LogP contribution is 2.42. The molecule has 2 aliphatic rings. The fourth-order valence-corrected chi connectivity index (χ4v) is 3.59. The van der Waals surface area contributed by atoms with Crippen LogP contribution in [-0.4, -0.2) is 53.5 Å². The van der Waals surface area contributed by atoms with E-state index in [1.54, 1.807) is 30.8 Å². The fraction of sp³-hybridized carbons (Fsp3) is 0.571. The Morgan fingerprint density at radius 3 is 2.36 bits per heavy atom. The Morgan fingerprint density at radius 1 is 1.05 bits per heavy atom. The summed E-state index contributed by atoms with van der Waals surface area (Å²) in [5.41, 5.74) is 0. The number of methoxy groups -OCH3 is 1. The highest BCUT2D eigenvalue weighted by molar-refractivity contribution is 7.15. The predicted octanol–water partition coefficient (Wildman–Crippen LogP) is 1.54. The summed E-state index contributed by atoms with van der Waals surface area (Å²) in [5.74, 6) is 2.13. The highest BCUT2D eigenvalue weighted by atomic mass is 32.1. The lowest BCUT2D eigenvalue weighted by Gasteiger charge is -2.34. The van der Waals surface area contributed by atoms with E-state index in [-0.39, 0.29) is 0 Å². The van der Waals surface area contributed by atoms with Crippen LogP contribution in [0.2, 0.25) is 0 Å². The summed E-state index contributed by atoms with van der Waals surface area (Å²) in [6, 6.07) is 0. The van der Waals surface area contributed by atoms with Crippen LogP contribution in [0.25, 0.3) is 0 Å². The molecule has 7 nitrogen and oxygen atoms in total. The van der Waals surface area contributed by atoms with Crippen molar-refractivity contribution in [2.75, 3.05) is 43.1 Å². The third kappa shape index (κ3) is 2.70. The first kappa shape index (κ1) is 13.7. The van der Waals surface area contributed by atoms with Gasteiger partial charge in [-0.25, -0.2) is 9.97 Å². The number of ether oxygens (including phenoxy) is 1. The smallest absolute Gasteiger partial charge is 0.225 e. The second kappa shape index (κ2) is 5.68. The van der Waals surface area contributed by atoms with E-state index in [9.17, 15) is 0 Å². The Labute approximate surface area is 133 Å². The van der Waals surface area contributed by atoms with E-state index < -0.39 is 0 Å². The quantitative estimate of drug-likeness (QED) is 0.847. The minimum Gasteiger partial charge on any atom is -0.494 e. The van der Waals surface area contributed by atoms with Gasteiger partial charge in [0.1, 0.15) is 5.01 Å². The summed E-state index contributed by atoms with van der Waals surface area (Å²) >= 11 is 1.75. The summed E-state index contributed by atoms with van der Waals surface area (Å²) in [6.07, 6.45) is 5.97. The van der Waals surface area contributed by atoms with E-state index in [1.807, 2.05) is 0 Å². The van der Waals surface area contributed by atoms with Crippen LogP contribution in [-0.2, 0) is 0 Å². The molecule has 1 aliphatic carbocycles. The van der Waals surface area contributed by atoms with Crippen LogP contribution in [0.3, 0.4) is 0 Å². The Hall–Kier alpha value is -1.96. The monoisotopic (exact) mass is 318 g/mol. The number of hydrogen-bond donors (Lipinski definition) is 0. The lowest BCUT2D eigenvalue weighted by Crippen LogP contribution is -2.47. The van der Waals surface area contributed by atoms with Crippen molar-refractivity contribution in [2.24, 2.45) is 0 Å². The van der Waals surface area contributed by atoms with Crippen LogP contribution in [0.5, 0.6) is 5.75 Å². The molecule has 8 heteroatoms. The molecule has 0 atom stereocenters. The lowest BCUT2D eigenvalue weighted by atomic mass is 10.3. The van der Waals surface area contributed by atoms with E-state index in [0.29, 0.717) is 11.7 Å². The van der Waals surface area contributed by atoms with E-state index in [2.05, 4.69) is 30.0 Å². The number of anilines is 2. The Bertz CT molecular complexity index is 633. The average Bonchev–Trinajstić information content (AvgIpc) is 3.32. The molecule has 1 aliphatic heterocycles. The van der Waals surface area contributed by atoms with Crippen LogP contribution in [0.4, 0.5) is 11.1 Å². The number of rotatable bonds is 4. The number of hydrogen-bond acceptors (Lipinski definition) is 8. The number of piperazine rings is 1. The van der Waals surface area contributed by atoms with Gasteiger partial charge in [-0.15, -0.1) is 10.2 Å². The molecule has 116 valence electrons. The molecular formula is C14H18N6OS. The summed E-state index contributed by atoms with van der Waals surface area (Å²) in [4.78, 5) is 13.2. The average molecular weight is 318 g/mol. The maximum absolute atomic E-state index is 5.09. The van der Waals surface area contributed by atoms with Crippen molar-refractivity contribution in [1.82, 2.24) is 20.2 Å². The van der Waals surface area contributed by atoms with Crippen molar-refractivity contribution in [3.63, 3.8) is 0 Å². The molecule has 0 N–H and O–H groups in total. The van der Waals surface area contributed by atoms with E-state index in [0.717, 1.165) is 37.3 Å². The van der Waals surface area contributed by atoms with Gasteiger partial charge in [0.2, 0.25) is 11.1 Å². The maximum Gasteiger partial charge on any atom is 0.225 e. The molecule has 22 heavy (non-hydrogen) atoms. The lowest BCUT2D eigenvalue weighted by molar-refractivity contribution is 0.410. The van der Waals surface area contributed by atoms with E-state index in [1.165, 1.54) is 17.8 Å². The van der Waals surface area contributed by atoms with Gasteiger partial charge in [-0.05, 0) is 12.8 Å². The predicted molar refractivity (Wildman–Crippen MR) is 84.9 cm³/mol. The molecular weight excluding hydrogens is 300 g/mol. The molecule has 2 aromatic heterocycles. The van der Waals surface area contributed by atoms with Crippen LogP contribution < -0.4 is 14.5 Å². The molecule has 0 radical (unpaired) electrons. The van der Waals surface area contributed by atoms with Gasteiger partial charge in [0, 0.05) is 32.1 Å². The topological polar surface area (TPSA) is 67.3 Å². The van der Waals surface area contributed by atoms with Gasteiger partial charge >= 0.3 is 0 Å². The first-order chi connectivity index (χ1) is 10.8. The normalized spacial score (nSPS) is 18.6. The van der Waals surface area contributed by atoms with Crippen molar-refractivity contribution in [3.05, 3.63) is 17.4 Å². The molecule has 1 saturated heterocycles. The van der Waals surface area contributed by atoms with Gasteiger partial charge in [0.15, 0.2) is 5.75 Å². The molecule has 0 bridgehead atoms. The van der Waals surface area contributed by atoms with Gasteiger partial charge in [0.05, 0.1) is 19.5 Å². The zero-order valence-corrected chi connectivity index (χ0v) is 13.3. The van der Waals surface area contributed by atoms with Gasteiger partial charge in [-0.3, -0.25) is 0 Å². The molecule has 4 rings (SSSR count). The van der Waals surface area contributed by atoms with Crippen LogP contribution in [0, 0.1) is 0 Å². The standard InChI is InChI=1S/C14H18N6OS/c1-21-11-8-15-13(16-9-11)19-4-6-20(7-5-19)14-18-17-12(22-14)10-2-3-10/h8-10H,2-7H2,1H3. The summed E-state index contributed by atoms with van der Waals surface area (Å²) in [5, 5.41) is 10.9. The summed E-state index contributed by atoms with van der Waals surface area (Å²) < 4.78 is 5.09. The maximum atomic E-state index is 5.09. The van der Waals surface area contributed by atoms with Gasteiger partial charge in [-0.1, -0.05) is 11.3 Å². The third-order valence-electron chi connectivity index (χ3n) is 4.04. The summed E-state index contributed by atoms with van der Waals surface area (Å²) in [6.45, 7) is 3.64. The van der Waals surface area contributed by atoms with Crippen molar-refractivity contribution in [2.45, 2.75) is 18.8 Å². The van der Waals surface area contributed by atoms with Crippen molar-refractivity contribution < 1.29 is 4.74 Å². The van der Waals surface area contributed by atoms with Gasteiger partial charge in [0.25, 0.3) is 0 Å². The Balaban J connectivity index is 1.38. The number of nitrogens with zero attached hydrogens (tertiary/aromatic N) is 6. The molecule has 2 fully saturated rings. The van der Waals surface area contributed by atoms with Crippen LogP contribution in [0.1, 0.15) is 23.8 Å². The minimum absolute atomic E-state index is 0.681. The van der Waals surface area contributed by atoms with Crippen molar-refractivity contribution in [1.29, 1.82) is 0 Å². The largest absolute Gasteiger partial charge is 0.494 e. The zero-order chi connectivity index (χ0) is 14.9. The number of aromatic nitrogens is 4. The highest BCUT2D eigenvalue weighted by Gasteiger charge is 2.29. The van der Waals surface area contributed by atoms with E-state index >= 15 is 0 Å². The first-order valence-electron chi connectivity index (χ1n) is 7.53. The van der Waals surface area contributed by atoms with Crippen molar-refractivity contribution >= 4 is 22.4 Å². The van der Waals surface area contributed by atoms with Gasteiger partial charge < -0.3 is 14.5 Å². The molecule has 1 saturated carbocycles. The Morgan fingerprint density at radius 2 is 1.73 bits per heavy atom. The minimum atomic E-state index is 0.681. The van der Waals surface area contributed by atoms with Crippen molar-refractivity contribution in [3.8, 4) is 5.75 Å². The first-order valence-corrected chi connectivity index (χ1v) is 8.34. The molecule has 2 aromatic rings. The molecule has 0 unspecified atom stereocenters. The second-order valence-electron chi connectivity index (χ2n) is 5.59.